The van der Waals surface area contributed by atoms with Gasteiger partial charge in [0.15, 0.2) is 0 Å². The SMILES string of the molecule is CN(N=Cc1ccc(N(c2ccccc2)c2ccc(C=NN(C)c3ccccc3)cc2)cc1)c1ccccc1. The number of para-hydroxylation sites is 3. The van der Waals surface area contributed by atoms with Crippen LogP contribution in [0.15, 0.2) is 150 Å². The summed E-state index contributed by atoms with van der Waals surface area (Å²) < 4.78 is 0. The Morgan fingerprint density at radius 2 is 0.692 bits per heavy atom. The monoisotopic (exact) mass is 509 g/mol. The molecule has 0 amide bonds. The predicted octanol–water partition coefficient (Wildman–Crippen LogP) is 8.10. The van der Waals surface area contributed by atoms with Crippen LogP contribution in [-0.4, -0.2) is 26.5 Å². The topological polar surface area (TPSA) is 34.4 Å². The van der Waals surface area contributed by atoms with E-state index in [1.54, 1.807) is 0 Å². The van der Waals surface area contributed by atoms with Gasteiger partial charge < -0.3 is 4.90 Å². The first-order valence-electron chi connectivity index (χ1n) is 12.9. The van der Waals surface area contributed by atoms with E-state index in [0.29, 0.717) is 0 Å². The molecule has 5 heteroatoms. The molecule has 5 nitrogen and oxygen atoms in total. The summed E-state index contributed by atoms with van der Waals surface area (Å²) in [6.07, 6.45) is 3.76. The maximum absolute atomic E-state index is 4.59. The Morgan fingerprint density at radius 1 is 0.385 bits per heavy atom. The molecular weight excluding hydrogens is 478 g/mol. The number of hydrazone groups is 2. The largest absolute Gasteiger partial charge is 0.311 e. The average Bonchev–Trinajstić information content (AvgIpc) is 3.01. The van der Waals surface area contributed by atoms with Gasteiger partial charge in [-0.25, -0.2) is 0 Å². The summed E-state index contributed by atoms with van der Waals surface area (Å²) in [5.41, 5.74) is 7.38. The van der Waals surface area contributed by atoms with Gasteiger partial charge in [0.05, 0.1) is 23.8 Å². The zero-order valence-electron chi connectivity index (χ0n) is 22.2. The third kappa shape index (κ3) is 6.59. The minimum Gasteiger partial charge on any atom is -0.311 e. The van der Waals surface area contributed by atoms with Crippen molar-refractivity contribution in [2.45, 2.75) is 0 Å². The van der Waals surface area contributed by atoms with Crippen molar-refractivity contribution in [2.75, 3.05) is 29.0 Å². The summed E-state index contributed by atoms with van der Waals surface area (Å²) >= 11 is 0. The highest BCUT2D eigenvalue weighted by atomic mass is 15.4. The first-order chi connectivity index (χ1) is 19.2. The van der Waals surface area contributed by atoms with Gasteiger partial charge in [-0.15, -0.1) is 0 Å². The van der Waals surface area contributed by atoms with Crippen LogP contribution in [0.25, 0.3) is 0 Å². The molecule has 0 heterocycles. The molecule has 0 aliphatic carbocycles. The fraction of sp³-hybridized carbons (Fsp3) is 0.0588. The first kappa shape index (κ1) is 25.5. The van der Waals surface area contributed by atoms with Crippen LogP contribution < -0.4 is 14.9 Å². The zero-order valence-corrected chi connectivity index (χ0v) is 22.2. The van der Waals surface area contributed by atoms with Gasteiger partial charge in [-0.3, -0.25) is 10.0 Å². The average molecular weight is 510 g/mol. The van der Waals surface area contributed by atoms with E-state index in [-0.39, 0.29) is 0 Å². The molecule has 0 bridgehead atoms. The summed E-state index contributed by atoms with van der Waals surface area (Å²) in [4.78, 5) is 2.24. The van der Waals surface area contributed by atoms with E-state index in [4.69, 9.17) is 0 Å². The Kier molecular flexibility index (Phi) is 8.10. The Hall–Kier alpha value is -5.16. The Morgan fingerprint density at radius 3 is 1.05 bits per heavy atom. The molecule has 0 aliphatic heterocycles. The Labute approximate surface area is 230 Å². The normalized spacial score (nSPS) is 11.1. The van der Waals surface area contributed by atoms with Crippen molar-refractivity contribution in [1.82, 2.24) is 0 Å². The summed E-state index contributed by atoms with van der Waals surface area (Å²) in [6, 6.07) is 47.5. The van der Waals surface area contributed by atoms with Crippen LogP contribution in [0, 0.1) is 0 Å². The molecule has 192 valence electrons. The lowest BCUT2D eigenvalue weighted by molar-refractivity contribution is 1.02. The quantitative estimate of drug-likeness (QED) is 0.149. The third-order valence-electron chi connectivity index (χ3n) is 6.34. The van der Waals surface area contributed by atoms with Gasteiger partial charge in [-0.2, -0.15) is 10.2 Å². The number of hydrogen-bond donors (Lipinski definition) is 0. The summed E-state index contributed by atoms with van der Waals surface area (Å²) in [7, 11) is 3.90. The van der Waals surface area contributed by atoms with Crippen LogP contribution >= 0.6 is 0 Å². The van der Waals surface area contributed by atoms with Crippen molar-refractivity contribution in [3.63, 3.8) is 0 Å². The molecule has 0 saturated heterocycles. The summed E-state index contributed by atoms with van der Waals surface area (Å²) in [5.74, 6) is 0. The van der Waals surface area contributed by atoms with E-state index in [1.165, 1.54) is 0 Å². The second-order valence-corrected chi connectivity index (χ2v) is 9.06. The molecule has 0 saturated carbocycles. The molecule has 39 heavy (non-hydrogen) atoms. The van der Waals surface area contributed by atoms with E-state index in [0.717, 1.165) is 39.6 Å². The predicted molar refractivity (Wildman–Crippen MR) is 166 cm³/mol. The third-order valence-corrected chi connectivity index (χ3v) is 6.34. The Bertz CT molecular complexity index is 1400. The van der Waals surface area contributed by atoms with Gasteiger partial charge in [0.1, 0.15) is 0 Å². The molecule has 0 unspecified atom stereocenters. The molecule has 0 atom stereocenters. The molecule has 0 radical (unpaired) electrons. The smallest absolute Gasteiger partial charge is 0.0590 e. The molecule has 5 aromatic rings. The van der Waals surface area contributed by atoms with E-state index >= 15 is 0 Å². The number of nitrogens with zero attached hydrogens (tertiary/aromatic N) is 5. The Balaban J connectivity index is 1.35. The van der Waals surface area contributed by atoms with Crippen molar-refractivity contribution in [2.24, 2.45) is 10.2 Å². The second-order valence-electron chi connectivity index (χ2n) is 9.06. The minimum atomic E-state index is 1.03. The van der Waals surface area contributed by atoms with E-state index in [9.17, 15) is 0 Å². The maximum atomic E-state index is 4.59. The lowest BCUT2D eigenvalue weighted by Crippen LogP contribution is -2.10. The lowest BCUT2D eigenvalue weighted by atomic mass is 10.1. The number of anilines is 5. The highest BCUT2D eigenvalue weighted by Gasteiger charge is 2.12. The van der Waals surface area contributed by atoms with Crippen LogP contribution in [0.1, 0.15) is 11.1 Å². The van der Waals surface area contributed by atoms with E-state index < -0.39 is 0 Å². The van der Waals surface area contributed by atoms with Gasteiger partial charge in [0.2, 0.25) is 0 Å². The first-order valence-corrected chi connectivity index (χ1v) is 12.9. The molecule has 5 aromatic carbocycles. The highest BCUT2D eigenvalue weighted by molar-refractivity contribution is 5.85. The van der Waals surface area contributed by atoms with Crippen LogP contribution in [0.2, 0.25) is 0 Å². The fourth-order valence-electron chi connectivity index (χ4n) is 4.17. The fourth-order valence-corrected chi connectivity index (χ4v) is 4.17. The maximum Gasteiger partial charge on any atom is 0.0590 e. The minimum absolute atomic E-state index is 1.03. The molecule has 5 rings (SSSR count). The van der Waals surface area contributed by atoms with Crippen molar-refractivity contribution in [3.05, 3.63) is 151 Å². The van der Waals surface area contributed by atoms with Crippen molar-refractivity contribution < 1.29 is 0 Å². The van der Waals surface area contributed by atoms with E-state index in [1.807, 2.05) is 103 Å². The second kappa shape index (κ2) is 12.4. The van der Waals surface area contributed by atoms with Crippen LogP contribution in [0.3, 0.4) is 0 Å². The van der Waals surface area contributed by atoms with Gasteiger partial charge in [-0.05, 0) is 71.8 Å². The van der Waals surface area contributed by atoms with E-state index in [2.05, 4.69) is 87.9 Å². The molecule has 0 fully saturated rings. The molecule has 0 aliphatic rings. The van der Waals surface area contributed by atoms with Gasteiger partial charge in [-0.1, -0.05) is 78.9 Å². The molecule has 0 spiro atoms. The van der Waals surface area contributed by atoms with Crippen molar-refractivity contribution >= 4 is 40.9 Å². The van der Waals surface area contributed by atoms with Gasteiger partial charge in [0, 0.05) is 31.2 Å². The molecular formula is C34H31N5. The van der Waals surface area contributed by atoms with Gasteiger partial charge >= 0.3 is 0 Å². The number of benzene rings is 5. The van der Waals surface area contributed by atoms with Crippen LogP contribution in [0.4, 0.5) is 28.4 Å². The van der Waals surface area contributed by atoms with Crippen molar-refractivity contribution in [3.8, 4) is 0 Å². The number of hydrogen-bond acceptors (Lipinski definition) is 5. The molecule has 0 N–H and O–H groups in total. The zero-order chi connectivity index (χ0) is 26.9. The highest BCUT2D eigenvalue weighted by Crippen LogP contribution is 2.34. The summed E-state index contributed by atoms with van der Waals surface area (Å²) in [6.45, 7) is 0. The summed E-state index contributed by atoms with van der Waals surface area (Å²) in [5, 5.41) is 12.9. The lowest BCUT2D eigenvalue weighted by Gasteiger charge is -2.25. The van der Waals surface area contributed by atoms with Crippen LogP contribution in [-0.2, 0) is 0 Å². The van der Waals surface area contributed by atoms with Crippen LogP contribution in [0.5, 0.6) is 0 Å². The molecule has 0 aromatic heterocycles. The standard InChI is InChI=1S/C34H31N5/c1-37(30-12-6-3-7-13-30)35-26-28-18-22-33(23-19-28)39(32-16-10-5-11-17-32)34-24-20-29(21-25-34)27-36-38(2)31-14-8-4-9-15-31/h3-27H,1-2H3. The number of rotatable bonds is 9. The van der Waals surface area contributed by atoms with Crippen molar-refractivity contribution in [1.29, 1.82) is 0 Å². The van der Waals surface area contributed by atoms with Gasteiger partial charge in [0.25, 0.3) is 0 Å².